The highest BCUT2D eigenvalue weighted by molar-refractivity contribution is 5.79. The van der Waals surface area contributed by atoms with E-state index in [1.165, 1.54) is 37.1 Å². The molecule has 0 radical (unpaired) electrons. The number of hydrogen-bond acceptors (Lipinski definition) is 3. The zero-order valence-corrected chi connectivity index (χ0v) is 15.3. The molecule has 0 saturated carbocycles. The molecule has 1 aliphatic rings. The van der Waals surface area contributed by atoms with Gasteiger partial charge in [-0.3, -0.25) is 14.6 Å². The minimum atomic E-state index is 0.709. The second-order valence-electron chi connectivity index (χ2n) is 6.51. The molecule has 1 fully saturated rings. The summed E-state index contributed by atoms with van der Waals surface area (Å²) in [6.45, 7) is 10.5. The van der Waals surface area contributed by atoms with Gasteiger partial charge in [0.15, 0.2) is 5.96 Å². The first-order valence-corrected chi connectivity index (χ1v) is 8.70. The van der Waals surface area contributed by atoms with E-state index in [1.54, 1.807) is 0 Å². The Kier molecular flexibility index (Phi) is 6.45. The van der Waals surface area contributed by atoms with E-state index in [9.17, 15) is 0 Å². The van der Waals surface area contributed by atoms with Crippen molar-refractivity contribution in [3.63, 3.8) is 0 Å². The molecular weight excluding hydrogens is 288 g/mol. The second-order valence-corrected chi connectivity index (χ2v) is 6.51. The normalized spacial score (nSPS) is 19.9. The van der Waals surface area contributed by atoms with Crippen LogP contribution in [0.3, 0.4) is 0 Å². The molecule has 6 nitrogen and oxygen atoms in total. The Hall–Kier alpha value is -1.56. The Morgan fingerprint density at radius 3 is 2.70 bits per heavy atom. The maximum Gasteiger partial charge on any atom is 0.191 e. The summed E-state index contributed by atoms with van der Waals surface area (Å²) in [7, 11) is 3.81. The Morgan fingerprint density at radius 2 is 2.09 bits per heavy atom. The van der Waals surface area contributed by atoms with Crippen LogP contribution in [0.2, 0.25) is 0 Å². The van der Waals surface area contributed by atoms with Crippen LogP contribution >= 0.6 is 0 Å². The predicted molar refractivity (Wildman–Crippen MR) is 95.8 cm³/mol. The van der Waals surface area contributed by atoms with E-state index in [-0.39, 0.29) is 0 Å². The minimum absolute atomic E-state index is 0.709. The lowest BCUT2D eigenvalue weighted by atomic mass is 10.0. The summed E-state index contributed by atoms with van der Waals surface area (Å²) in [4.78, 5) is 6.89. The molecule has 2 heterocycles. The van der Waals surface area contributed by atoms with Crippen molar-refractivity contribution in [1.29, 1.82) is 0 Å². The largest absolute Gasteiger partial charge is 0.355 e. The summed E-state index contributed by atoms with van der Waals surface area (Å²) >= 11 is 0. The van der Waals surface area contributed by atoms with Crippen LogP contribution in [0.1, 0.15) is 43.1 Å². The third-order valence-electron chi connectivity index (χ3n) is 4.95. The van der Waals surface area contributed by atoms with Crippen LogP contribution in [0.5, 0.6) is 0 Å². The number of hydrogen-bond donors (Lipinski definition) is 2. The van der Waals surface area contributed by atoms with Crippen molar-refractivity contribution < 1.29 is 0 Å². The third-order valence-corrected chi connectivity index (χ3v) is 4.95. The highest BCUT2D eigenvalue weighted by atomic mass is 15.3. The van der Waals surface area contributed by atoms with Gasteiger partial charge in [-0.25, -0.2) is 0 Å². The van der Waals surface area contributed by atoms with Gasteiger partial charge in [0.1, 0.15) is 0 Å². The fourth-order valence-electron chi connectivity index (χ4n) is 3.27. The molecule has 2 N–H and O–H groups in total. The Balaban J connectivity index is 1.77. The van der Waals surface area contributed by atoms with Gasteiger partial charge in [0.05, 0.1) is 5.69 Å². The topological polar surface area (TPSA) is 57.5 Å². The van der Waals surface area contributed by atoms with Crippen LogP contribution in [0.25, 0.3) is 0 Å². The lowest BCUT2D eigenvalue weighted by Gasteiger charge is -2.33. The van der Waals surface area contributed by atoms with Crippen molar-refractivity contribution in [2.45, 2.75) is 52.6 Å². The van der Waals surface area contributed by atoms with Gasteiger partial charge >= 0.3 is 0 Å². The summed E-state index contributed by atoms with van der Waals surface area (Å²) in [5.41, 5.74) is 3.53. The first kappa shape index (κ1) is 17.8. The lowest BCUT2D eigenvalue weighted by Crippen LogP contribution is -2.45. The summed E-state index contributed by atoms with van der Waals surface area (Å²) in [5, 5.41) is 11.3. The number of aryl methyl sites for hydroxylation is 2. The van der Waals surface area contributed by atoms with E-state index < -0.39 is 0 Å². The van der Waals surface area contributed by atoms with Gasteiger partial charge in [0, 0.05) is 51.0 Å². The monoisotopic (exact) mass is 320 g/mol. The van der Waals surface area contributed by atoms with Crippen molar-refractivity contribution in [2.75, 3.05) is 26.7 Å². The molecule has 130 valence electrons. The fraction of sp³-hybridized carbons (Fsp3) is 0.765. The molecule has 0 bridgehead atoms. The van der Waals surface area contributed by atoms with E-state index in [0.29, 0.717) is 6.04 Å². The summed E-state index contributed by atoms with van der Waals surface area (Å²) in [6.07, 6.45) is 4.03. The van der Waals surface area contributed by atoms with Gasteiger partial charge < -0.3 is 10.6 Å². The van der Waals surface area contributed by atoms with Crippen molar-refractivity contribution in [2.24, 2.45) is 12.0 Å². The van der Waals surface area contributed by atoms with Crippen LogP contribution in [0.15, 0.2) is 4.99 Å². The van der Waals surface area contributed by atoms with Crippen molar-refractivity contribution >= 4 is 5.96 Å². The molecule has 1 aliphatic heterocycles. The number of aliphatic imine (C=N–C) groups is 1. The predicted octanol–water partition coefficient (Wildman–Crippen LogP) is 1.58. The first-order valence-electron chi connectivity index (χ1n) is 8.70. The van der Waals surface area contributed by atoms with Crippen LogP contribution < -0.4 is 10.6 Å². The Morgan fingerprint density at radius 1 is 1.30 bits per heavy atom. The summed E-state index contributed by atoms with van der Waals surface area (Å²) in [6, 6.07) is 0.709. The summed E-state index contributed by atoms with van der Waals surface area (Å²) < 4.78 is 1.93. The second kappa shape index (κ2) is 8.34. The first-order chi connectivity index (χ1) is 11.0. The van der Waals surface area contributed by atoms with Gasteiger partial charge in [0.2, 0.25) is 0 Å². The van der Waals surface area contributed by atoms with E-state index in [4.69, 9.17) is 0 Å². The minimum Gasteiger partial charge on any atom is -0.355 e. The van der Waals surface area contributed by atoms with Crippen molar-refractivity contribution in [3.05, 3.63) is 17.0 Å². The lowest BCUT2D eigenvalue weighted by molar-refractivity contribution is 0.163. The van der Waals surface area contributed by atoms with Crippen LogP contribution in [-0.2, 0) is 13.6 Å². The Labute approximate surface area is 140 Å². The molecule has 2 rings (SSSR count). The maximum atomic E-state index is 4.46. The van der Waals surface area contributed by atoms with Crippen molar-refractivity contribution in [3.8, 4) is 0 Å². The molecule has 6 heteroatoms. The number of aromatic nitrogens is 2. The van der Waals surface area contributed by atoms with Crippen LogP contribution in [-0.4, -0.2) is 53.4 Å². The number of nitrogens with zero attached hydrogens (tertiary/aromatic N) is 4. The smallest absolute Gasteiger partial charge is 0.191 e. The molecule has 1 aromatic rings. The average molecular weight is 320 g/mol. The summed E-state index contributed by atoms with van der Waals surface area (Å²) in [5.74, 6) is 0.859. The van der Waals surface area contributed by atoms with Crippen LogP contribution in [0.4, 0.5) is 0 Å². The molecule has 1 atom stereocenters. The molecule has 0 amide bonds. The molecule has 0 aliphatic carbocycles. The van der Waals surface area contributed by atoms with E-state index in [2.05, 4.69) is 46.4 Å². The van der Waals surface area contributed by atoms with E-state index in [1.807, 2.05) is 18.8 Å². The fourth-order valence-corrected chi connectivity index (χ4v) is 3.27. The number of likely N-dealkylation sites (tertiary alicyclic amines) is 1. The van der Waals surface area contributed by atoms with E-state index in [0.717, 1.165) is 31.3 Å². The molecule has 0 spiro atoms. The quantitative estimate of drug-likeness (QED) is 0.639. The number of rotatable bonds is 5. The SMILES string of the molecule is CN=C(NCCN1CCCCC1C)NCc1c(C)nn(C)c1C. The van der Waals surface area contributed by atoms with Gasteiger partial charge in [-0.1, -0.05) is 6.42 Å². The Bertz CT molecular complexity index is 533. The van der Waals surface area contributed by atoms with Gasteiger partial charge in [-0.2, -0.15) is 5.10 Å². The van der Waals surface area contributed by atoms with Gasteiger partial charge in [-0.05, 0) is 40.2 Å². The molecule has 1 saturated heterocycles. The standard InChI is InChI=1S/C17H32N6/c1-13-8-6-7-10-23(13)11-9-19-17(18-4)20-12-16-14(2)21-22(5)15(16)3/h13H,6-12H2,1-5H3,(H2,18,19,20). The molecule has 1 unspecified atom stereocenters. The van der Waals surface area contributed by atoms with Gasteiger partial charge in [0.25, 0.3) is 0 Å². The third kappa shape index (κ3) is 4.70. The van der Waals surface area contributed by atoms with Crippen molar-refractivity contribution in [1.82, 2.24) is 25.3 Å². The number of nitrogens with one attached hydrogen (secondary N) is 2. The number of guanidine groups is 1. The zero-order chi connectivity index (χ0) is 16.8. The van der Waals surface area contributed by atoms with Crippen LogP contribution in [0, 0.1) is 13.8 Å². The maximum absolute atomic E-state index is 4.46. The number of piperidine rings is 1. The average Bonchev–Trinajstić information content (AvgIpc) is 2.78. The molecule has 23 heavy (non-hydrogen) atoms. The zero-order valence-electron chi connectivity index (χ0n) is 15.3. The molecular formula is C17H32N6. The highest BCUT2D eigenvalue weighted by Crippen LogP contribution is 2.15. The molecule has 1 aromatic heterocycles. The molecule has 0 aromatic carbocycles. The highest BCUT2D eigenvalue weighted by Gasteiger charge is 2.17. The van der Waals surface area contributed by atoms with E-state index >= 15 is 0 Å². The van der Waals surface area contributed by atoms with Gasteiger partial charge in [-0.15, -0.1) is 0 Å².